The quantitative estimate of drug-likeness (QED) is 0.875. The summed E-state index contributed by atoms with van der Waals surface area (Å²) in [4.78, 5) is 22.2. The van der Waals surface area contributed by atoms with Gasteiger partial charge in [-0.25, -0.2) is 4.98 Å². The molecule has 0 saturated heterocycles. The van der Waals surface area contributed by atoms with Crippen molar-refractivity contribution in [3.63, 3.8) is 0 Å². The van der Waals surface area contributed by atoms with Crippen LogP contribution in [0.15, 0.2) is 29.3 Å². The number of ether oxygens (including phenoxy) is 1. The highest BCUT2D eigenvalue weighted by molar-refractivity contribution is 5.32. The predicted octanol–water partition coefficient (Wildman–Crippen LogP) is 1.83. The van der Waals surface area contributed by atoms with Gasteiger partial charge in [0.25, 0.3) is 5.88 Å². The minimum Gasteiger partial charge on any atom is -0.433 e. The zero-order valence-electron chi connectivity index (χ0n) is 9.73. The number of aromatic amines is 1. The SMILES string of the molecule is CCc1nc(C)ccc1Oc1ncc[nH]c1=O. The van der Waals surface area contributed by atoms with Crippen LogP contribution in [0.1, 0.15) is 18.3 Å². The second-order valence-electron chi connectivity index (χ2n) is 3.58. The molecule has 0 radical (unpaired) electrons. The second-order valence-corrected chi connectivity index (χ2v) is 3.58. The average Bonchev–Trinajstić information content (AvgIpc) is 2.34. The number of pyridine rings is 1. The van der Waals surface area contributed by atoms with E-state index >= 15 is 0 Å². The van der Waals surface area contributed by atoms with Gasteiger partial charge in [-0.3, -0.25) is 9.78 Å². The first kappa shape index (κ1) is 11.3. The van der Waals surface area contributed by atoms with Crippen LogP contribution in [-0.2, 0) is 6.42 Å². The molecule has 2 heterocycles. The maximum Gasteiger partial charge on any atom is 0.311 e. The number of rotatable bonds is 3. The molecule has 5 nitrogen and oxygen atoms in total. The Hall–Kier alpha value is -2.17. The van der Waals surface area contributed by atoms with Crippen molar-refractivity contribution in [2.75, 3.05) is 0 Å². The number of hydrogen-bond donors (Lipinski definition) is 1. The van der Waals surface area contributed by atoms with Gasteiger partial charge in [0.05, 0.1) is 5.69 Å². The summed E-state index contributed by atoms with van der Waals surface area (Å²) < 4.78 is 5.47. The summed E-state index contributed by atoms with van der Waals surface area (Å²) in [5.74, 6) is 0.607. The Morgan fingerprint density at radius 3 is 2.94 bits per heavy atom. The molecule has 0 saturated carbocycles. The molecule has 0 bridgehead atoms. The normalized spacial score (nSPS) is 10.2. The van der Waals surface area contributed by atoms with Gasteiger partial charge in [-0.2, -0.15) is 0 Å². The first-order chi connectivity index (χ1) is 8.20. The number of hydrogen-bond acceptors (Lipinski definition) is 4. The molecule has 88 valence electrons. The molecule has 0 aliphatic carbocycles. The summed E-state index contributed by atoms with van der Waals surface area (Å²) in [6.45, 7) is 3.90. The standard InChI is InChI=1S/C12H13N3O2/c1-3-9-10(5-4-8(2)15-9)17-12-11(16)13-6-7-14-12/h4-7H,3H2,1-2H3,(H,13,16). The van der Waals surface area contributed by atoms with Crippen molar-refractivity contribution in [2.24, 2.45) is 0 Å². The van der Waals surface area contributed by atoms with E-state index in [1.807, 2.05) is 19.9 Å². The molecule has 0 aromatic carbocycles. The van der Waals surface area contributed by atoms with Crippen molar-refractivity contribution in [1.82, 2.24) is 15.0 Å². The molecule has 2 aromatic heterocycles. The molecule has 0 fully saturated rings. The van der Waals surface area contributed by atoms with E-state index in [4.69, 9.17) is 4.74 Å². The molecule has 17 heavy (non-hydrogen) atoms. The molecule has 0 spiro atoms. The summed E-state index contributed by atoms with van der Waals surface area (Å²) in [6, 6.07) is 3.64. The van der Waals surface area contributed by atoms with Crippen LogP contribution in [0.2, 0.25) is 0 Å². The minimum absolute atomic E-state index is 0.0350. The van der Waals surface area contributed by atoms with Crippen LogP contribution in [0.5, 0.6) is 11.6 Å². The summed E-state index contributed by atoms with van der Waals surface area (Å²) in [5, 5.41) is 0. The number of aryl methyl sites for hydroxylation is 2. The molecule has 0 unspecified atom stereocenters. The van der Waals surface area contributed by atoms with Crippen molar-refractivity contribution < 1.29 is 4.74 Å². The summed E-state index contributed by atoms with van der Waals surface area (Å²) in [7, 11) is 0. The van der Waals surface area contributed by atoms with Crippen LogP contribution >= 0.6 is 0 Å². The number of H-pyrrole nitrogens is 1. The van der Waals surface area contributed by atoms with Gasteiger partial charge in [0.15, 0.2) is 5.75 Å². The van der Waals surface area contributed by atoms with Crippen LogP contribution < -0.4 is 10.3 Å². The lowest BCUT2D eigenvalue weighted by Gasteiger charge is -2.08. The molecule has 0 atom stereocenters. The van der Waals surface area contributed by atoms with E-state index in [1.165, 1.54) is 12.4 Å². The van der Waals surface area contributed by atoms with Gasteiger partial charge in [0, 0.05) is 18.1 Å². The fourth-order valence-corrected chi connectivity index (χ4v) is 1.46. The van der Waals surface area contributed by atoms with Crippen LogP contribution in [0.3, 0.4) is 0 Å². The molecule has 2 rings (SSSR count). The predicted molar refractivity (Wildman–Crippen MR) is 63.3 cm³/mol. The smallest absolute Gasteiger partial charge is 0.311 e. The number of nitrogens with zero attached hydrogens (tertiary/aromatic N) is 2. The zero-order chi connectivity index (χ0) is 12.3. The monoisotopic (exact) mass is 231 g/mol. The molecule has 0 aliphatic heterocycles. The van der Waals surface area contributed by atoms with Crippen molar-refractivity contribution in [1.29, 1.82) is 0 Å². The van der Waals surface area contributed by atoms with Gasteiger partial charge < -0.3 is 9.72 Å². The first-order valence-corrected chi connectivity index (χ1v) is 5.38. The molecule has 0 amide bonds. The van der Waals surface area contributed by atoms with Crippen molar-refractivity contribution in [3.8, 4) is 11.6 Å². The maximum absolute atomic E-state index is 11.4. The Kier molecular flexibility index (Phi) is 3.18. The van der Waals surface area contributed by atoms with Crippen LogP contribution in [-0.4, -0.2) is 15.0 Å². The fourth-order valence-electron chi connectivity index (χ4n) is 1.46. The van der Waals surface area contributed by atoms with Gasteiger partial charge in [0.2, 0.25) is 0 Å². The Morgan fingerprint density at radius 1 is 1.41 bits per heavy atom. The van der Waals surface area contributed by atoms with E-state index in [2.05, 4.69) is 15.0 Å². The zero-order valence-corrected chi connectivity index (χ0v) is 9.73. The third kappa shape index (κ3) is 2.50. The largest absolute Gasteiger partial charge is 0.433 e. The fraction of sp³-hybridized carbons (Fsp3) is 0.250. The highest BCUT2D eigenvalue weighted by atomic mass is 16.5. The van der Waals surface area contributed by atoms with Gasteiger partial charge in [0.1, 0.15) is 0 Å². The van der Waals surface area contributed by atoms with Crippen LogP contribution in [0.4, 0.5) is 0 Å². The van der Waals surface area contributed by atoms with E-state index in [9.17, 15) is 4.79 Å². The van der Waals surface area contributed by atoms with E-state index in [0.717, 1.165) is 17.8 Å². The lowest BCUT2D eigenvalue weighted by atomic mass is 10.2. The lowest BCUT2D eigenvalue weighted by Crippen LogP contribution is -2.10. The maximum atomic E-state index is 11.4. The Labute approximate surface area is 98.5 Å². The highest BCUT2D eigenvalue weighted by Crippen LogP contribution is 2.21. The van der Waals surface area contributed by atoms with E-state index in [-0.39, 0.29) is 11.4 Å². The molecule has 1 N–H and O–H groups in total. The average molecular weight is 231 g/mol. The molecular formula is C12H13N3O2. The van der Waals surface area contributed by atoms with E-state index in [0.29, 0.717) is 5.75 Å². The van der Waals surface area contributed by atoms with E-state index in [1.54, 1.807) is 6.07 Å². The topological polar surface area (TPSA) is 67.9 Å². The minimum atomic E-state index is -0.352. The summed E-state index contributed by atoms with van der Waals surface area (Å²) >= 11 is 0. The van der Waals surface area contributed by atoms with Gasteiger partial charge in [-0.1, -0.05) is 6.92 Å². The van der Waals surface area contributed by atoms with E-state index < -0.39 is 0 Å². The third-order valence-corrected chi connectivity index (χ3v) is 2.29. The Morgan fingerprint density at radius 2 is 2.24 bits per heavy atom. The Balaban J connectivity index is 2.36. The third-order valence-electron chi connectivity index (χ3n) is 2.29. The van der Waals surface area contributed by atoms with Crippen molar-refractivity contribution >= 4 is 0 Å². The van der Waals surface area contributed by atoms with Crippen molar-refractivity contribution in [3.05, 3.63) is 46.3 Å². The van der Waals surface area contributed by atoms with Gasteiger partial charge in [-0.15, -0.1) is 0 Å². The lowest BCUT2D eigenvalue weighted by molar-refractivity contribution is 0.445. The molecule has 0 aliphatic rings. The molecule has 5 heteroatoms. The summed E-state index contributed by atoms with van der Waals surface area (Å²) in [5.41, 5.74) is 1.38. The number of aromatic nitrogens is 3. The number of nitrogens with one attached hydrogen (secondary N) is 1. The Bertz CT molecular complexity index is 578. The first-order valence-electron chi connectivity index (χ1n) is 5.38. The molecular weight excluding hydrogens is 218 g/mol. The van der Waals surface area contributed by atoms with Crippen LogP contribution in [0.25, 0.3) is 0 Å². The summed E-state index contributed by atoms with van der Waals surface area (Å²) in [6.07, 6.45) is 3.68. The van der Waals surface area contributed by atoms with Crippen molar-refractivity contribution in [2.45, 2.75) is 20.3 Å². The highest BCUT2D eigenvalue weighted by Gasteiger charge is 2.08. The van der Waals surface area contributed by atoms with Gasteiger partial charge in [-0.05, 0) is 25.5 Å². The van der Waals surface area contributed by atoms with Crippen LogP contribution in [0, 0.1) is 6.92 Å². The molecule has 2 aromatic rings. The second kappa shape index (κ2) is 4.78. The van der Waals surface area contributed by atoms with Gasteiger partial charge >= 0.3 is 5.56 Å².